The molecule has 0 fully saturated rings. The molecule has 7 heteroatoms. The predicted molar refractivity (Wildman–Crippen MR) is 94.2 cm³/mol. The summed E-state index contributed by atoms with van der Waals surface area (Å²) in [5, 5.41) is 4.88. The van der Waals surface area contributed by atoms with Crippen molar-refractivity contribution in [1.82, 2.24) is 19.7 Å². The molecule has 3 rings (SSSR count). The fraction of sp³-hybridized carbons (Fsp3) is 0.235. The van der Waals surface area contributed by atoms with Crippen molar-refractivity contribution in [3.05, 3.63) is 52.3 Å². The van der Waals surface area contributed by atoms with E-state index in [2.05, 4.69) is 15.1 Å². The SMILES string of the molecule is COc1ccccc1Cc1c(-c2cc(Cl)nc(N)n2)nn(C)c1C. The molecule has 0 unspecified atom stereocenters. The summed E-state index contributed by atoms with van der Waals surface area (Å²) >= 11 is 6.02. The first-order chi connectivity index (χ1) is 11.5. The van der Waals surface area contributed by atoms with E-state index in [9.17, 15) is 0 Å². The Balaban J connectivity index is 2.11. The zero-order valence-electron chi connectivity index (χ0n) is 13.7. The number of anilines is 1. The maximum absolute atomic E-state index is 6.02. The maximum atomic E-state index is 6.02. The average molecular weight is 344 g/mol. The predicted octanol–water partition coefficient (Wildman–Crippen LogP) is 3.02. The van der Waals surface area contributed by atoms with Gasteiger partial charge in [0.25, 0.3) is 0 Å². The van der Waals surface area contributed by atoms with Crippen molar-refractivity contribution in [2.45, 2.75) is 13.3 Å². The fourth-order valence-electron chi connectivity index (χ4n) is 2.67. The molecule has 0 atom stereocenters. The summed E-state index contributed by atoms with van der Waals surface area (Å²) in [6.45, 7) is 2.02. The molecule has 0 spiro atoms. The fourth-order valence-corrected chi connectivity index (χ4v) is 2.86. The summed E-state index contributed by atoms with van der Waals surface area (Å²) in [6.07, 6.45) is 0.667. The van der Waals surface area contributed by atoms with Gasteiger partial charge in [0.05, 0.1) is 12.8 Å². The largest absolute Gasteiger partial charge is 0.496 e. The Hall–Kier alpha value is -2.60. The van der Waals surface area contributed by atoms with Crippen LogP contribution in [0.2, 0.25) is 5.15 Å². The lowest BCUT2D eigenvalue weighted by molar-refractivity contribution is 0.410. The number of hydrogen-bond donors (Lipinski definition) is 1. The van der Waals surface area contributed by atoms with E-state index in [-0.39, 0.29) is 5.95 Å². The van der Waals surface area contributed by atoms with E-state index in [1.165, 1.54) is 0 Å². The molecule has 124 valence electrons. The van der Waals surface area contributed by atoms with E-state index < -0.39 is 0 Å². The van der Waals surface area contributed by atoms with Gasteiger partial charge in [-0.2, -0.15) is 5.10 Å². The number of nitrogen functional groups attached to an aromatic ring is 1. The lowest BCUT2D eigenvalue weighted by Gasteiger charge is -2.09. The van der Waals surface area contributed by atoms with Crippen LogP contribution in [-0.2, 0) is 13.5 Å². The number of rotatable bonds is 4. The molecule has 0 amide bonds. The Kier molecular flexibility index (Phi) is 4.40. The van der Waals surface area contributed by atoms with Crippen LogP contribution in [0.4, 0.5) is 5.95 Å². The number of aromatic nitrogens is 4. The number of aryl methyl sites for hydroxylation is 1. The van der Waals surface area contributed by atoms with Crippen molar-refractivity contribution in [2.24, 2.45) is 7.05 Å². The summed E-state index contributed by atoms with van der Waals surface area (Å²) in [6, 6.07) is 9.59. The molecule has 0 aliphatic rings. The van der Waals surface area contributed by atoms with Gasteiger partial charge in [0.2, 0.25) is 5.95 Å². The van der Waals surface area contributed by atoms with Gasteiger partial charge >= 0.3 is 0 Å². The molecule has 0 aliphatic carbocycles. The molecule has 2 N–H and O–H groups in total. The van der Waals surface area contributed by atoms with Crippen LogP contribution in [0.25, 0.3) is 11.4 Å². The van der Waals surface area contributed by atoms with Gasteiger partial charge in [0.15, 0.2) is 0 Å². The van der Waals surface area contributed by atoms with Crippen LogP contribution in [0, 0.1) is 6.92 Å². The molecule has 3 aromatic rings. The van der Waals surface area contributed by atoms with Crippen LogP contribution in [0.15, 0.2) is 30.3 Å². The second-order valence-electron chi connectivity index (χ2n) is 5.46. The number of ether oxygens (including phenoxy) is 1. The number of nitrogens with zero attached hydrogens (tertiary/aromatic N) is 4. The molecule has 0 aliphatic heterocycles. The zero-order chi connectivity index (χ0) is 17.3. The Labute approximate surface area is 145 Å². The van der Waals surface area contributed by atoms with Crippen LogP contribution in [0.5, 0.6) is 5.75 Å². The highest BCUT2D eigenvalue weighted by Crippen LogP contribution is 2.30. The van der Waals surface area contributed by atoms with E-state index >= 15 is 0 Å². The molecule has 6 nitrogen and oxygen atoms in total. The monoisotopic (exact) mass is 343 g/mol. The normalized spacial score (nSPS) is 10.8. The molecule has 2 heterocycles. The third-order valence-electron chi connectivity index (χ3n) is 3.97. The topological polar surface area (TPSA) is 78.8 Å². The second-order valence-corrected chi connectivity index (χ2v) is 5.85. The molecular weight excluding hydrogens is 326 g/mol. The van der Waals surface area contributed by atoms with Gasteiger partial charge < -0.3 is 10.5 Å². The van der Waals surface area contributed by atoms with Crippen molar-refractivity contribution in [2.75, 3.05) is 12.8 Å². The number of para-hydroxylation sites is 1. The van der Waals surface area contributed by atoms with Crippen molar-refractivity contribution in [1.29, 1.82) is 0 Å². The van der Waals surface area contributed by atoms with E-state index in [0.29, 0.717) is 17.3 Å². The molecule has 0 saturated carbocycles. The smallest absolute Gasteiger partial charge is 0.222 e. The summed E-state index contributed by atoms with van der Waals surface area (Å²) < 4.78 is 7.28. The lowest BCUT2D eigenvalue weighted by Crippen LogP contribution is -2.00. The Morgan fingerprint density at radius 1 is 1.25 bits per heavy atom. The summed E-state index contributed by atoms with van der Waals surface area (Å²) in [4.78, 5) is 8.19. The van der Waals surface area contributed by atoms with Gasteiger partial charge in [-0.05, 0) is 18.6 Å². The van der Waals surface area contributed by atoms with E-state index in [4.69, 9.17) is 22.1 Å². The molecule has 2 aromatic heterocycles. The van der Waals surface area contributed by atoms with Gasteiger partial charge in [-0.25, -0.2) is 9.97 Å². The molecular formula is C17H18ClN5O. The van der Waals surface area contributed by atoms with Crippen LogP contribution in [0.3, 0.4) is 0 Å². The highest BCUT2D eigenvalue weighted by molar-refractivity contribution is 6.29. The Morgan fingerprint density at radius 3 is 2.71 bits per heavy atom. The second kappa shape index (κ2) is 6.49. The number of benzene rings is 1. The van der Waals surface area contributed by atoms with Crippen LogP contribution in [-0.4, -0.2) is 26.9 Å². The van der Waals surface area contributed by atoms with E-state index in [1.807, 2.05) is 42.9 Å². The number of hydrogen-bond acceptors (Lipinski definition) is 5. The first kappa shape index (κ1) is 16.3. The van der Waals surface area contributed by atoms with Crippen molar-refractivity contribution >= 4 is 17.5 Å². The lowest BCUT2D eigenvalue weighted by atomic mass is 10.0. The Morgan fingerprint density at radius 2 is 2.00 bits per heavy atom. The average Bonchev–Trinajstić information content (AvgIpc) is 2.83. The van der Waals surface area contributed by atoms with Crippen LogP contribution >= 0.6 is 11.6 Å². The number of methoxy groups -OCH3 is 1. The zero-order valence-corrected chi connectivity index (χ0v) is 14.5. The van der Waals surface area contributed by atoms with Crippen molar-refractivity contribution in [3.8, 4) is 17.1 Å². The molecule has 0 bridgehead atoms. The minimum atomic E-state index is 0.129. The highest BCUT2D eigenvalue weighted by Gasteiger charge is 2.18. The van der Waals surface area contributed by atoms with Gasteiger partial charge in [-0.3, -0.25) is 4.68 Å². The van der Waals surface area contributed by atoms with Crippen molar-refractivity contribution < 1.29 is 4.74 Å². The van der Waals surface area contributed by atoms with E-state index in [1.54, 1.807) is 13.2 Å². The minimum absolute atomic E-state index is 0.129. The molecule has 0 radical (unpaired) electrons. The molecule has 0 saturated heterocycles. The highest BCUT2D eigenvalue weighted by atomic mass is 35.5. The third kappa shape index (κ3) is 3.05. The van der Waals surface area contributed by atoms with Crippen LogP contribution in [0.1, 0.15) is 16.8 Å². The first-order valence-electron chi connectivity index (χ1n) is 7.44. The van der Waals surface area contributed by atoms with Gasteiger partial charge in [0.1, 0.15) is 16.6 Å². The minimum Gasteiger partial charge on any atom is -0.496 e. The summed E-state index contributed by atoms with van der Waals surface area (Å²) in [5.41, 5.74) is 10.3. The number of halogens is 1. The van der Waals surface area contributed by atoms with Crippen LogP contribution < -0.4 is 10.5 Å². The first-order valence-corrected chi connectivity index (χ1v) is 7.82. The maximum Gasteiger partial charge on any atom is 0.222 e. The Bertz CT molecular complexity index is 870. The molecule has 1 aromatic carbocycles. The van der Waals surface area contributed by atoms with Crippen molar-refractivity contribution in [3.63, 3.8) is 0 Å². The van der Waals surface area contributed by atoms with Gasteiger partial charge in [0, 0.05) is 30.8 Å². The van der Waals surface area contributed by atoms with Gasteiger partial charge in [-0.15, -0.1) is 0 Å². The van der Waals surface area contributed by atoms with E-state index in [0.717, 1.165) is 28.3 Å². The molecule has 24 heavy (non-hydrogen) atoms. The quantitative estimate of drug-likeness (QED) is 0.737. The number of nitrogens with two attached hydrogens (primary N) is 1. The van der Waals surface area contributed by atoms with Gasteiger partial charge in [-0.1, -0.05) is 29.8 Å². The third-order valence-corrected chi connectivity index (χ3v) is 4.17. The standard InChI is InChI=1S/C17H18ClN5O/c1-10-12(8-11-6-4-5-7-14(11)24-3)16(22-23(10)2)13-9-15(18)21-17(19)20-13/h4-7,9H,8H2,1-3H3,(H2,19,20,21). The summed E-state index contributed by atoms with van der Waals surface area (Å²) in [7, 11) is 3.57. The summed E-state index contributed by atoms with van der Waals surface area (Å²) in [5.74, 6) is 0.969.